The fraction of sp³-hybridized carbons (Fsp3) is 0.160. The number of halogens is 1. The standard InChI is InChI=1S/C25H23ClN6O4/c1-36-25-29-13-16-11-18(24(35)31-21(16)32-25)23(34)30-20-12-15(7-8-19(20)26)22(33)28-9-3-5-14-4-2-6-17(27)10-14/h2,4,6-8,10-13H,3,5,9,27H2,1H3,(H,28,33)(H,30,34)(H,29,31,32,35). The van der Waals surface area contributed by atoms with Crippen LogP contribution in [-0.4, -0.2) is 40.4 Å². The second kappa shape index (κ2) is 10.9. The summed E-state index contributed by atoms with van der Waals surface area (Å²) in [5.74, 6) is -1.01. The van der Waals surface area contributed by atoms with Crippen LogP contribution in [0.1, 0.15) is 32.7 Å². The van der Waals surface area contributed by atoms with Gasteiger partial charge in [0, 0.05) is 29.4 Å². The van der Waals surface area contributed by atoms with Gasteiger partial charge in [0.05, 0.1) is 17.8 Å². The van der Waals surface area contributed by atoms with Crippen molar-refractivity contribution in [2.45, 2.75) is 12.8 Å². The summed E-state index contributed by atoms with van der Waals surface area (Å²) in [7, 11) is 1.40. The summed E-state index contributed by atoms with van der Waals surface area (Å²) < 4.78 is 4.94. The maximum absolute atomic E-state index is 12.8. The molecule has 0 spiro atoms. The molecule has 184 valence electrons. The molecule has 2 aromatic carbocycles. The maximum atomic E-state index is 12.8. The van der Waals surface area contributed by atoms with Crippen LogP contribution in [0.5, 0.6) is 6.01 Å². The molecule has 2 aromatic heterocycles. The number of nitrogens with zero attached hydrogens (tertiary/aromatic N) is 2. The SMILES string of the molecule is COc1ncc2cc(C(=O)Nc3cc(C(=O)NCCCc4cccc(N)c4)ccc3Cl)c(=O)[nH]c2n1. The van der Waals surface area contributed by atoms with Crippen LogP contribution in [0.25, 0.3) is 11.0 Å². The number of nitrogen functional groups attached to an aromatic ring is 1. The zero-order valence-electron chi connectivity index (χ0n) is 19.3. The number of fused-ring (bicyclic) bond motifs is 1. The summed E-state index contributed by atoms with van der Waals surface area (Å²) in [5, 5.41) is 6.10. The number of nitrogens with one attached hydrogen (secondary N) is 3. The number of nitrogens with two attached hydrogens (primary N) is 1. The van der Waals surface area contributed by atoms with Crippen molar-refractivity contribution in [3.05, 3.63) is 86.8 Å². The van der Waals surface area contributed by atoms with Crippen LogP contribution >= 0.6 is 11.6 Å². The fourth-order valence-electron chi connectivity index (χ4n) is 3.54. The monoisotopic (exact) mass is 506 g/mol. The number of ether oxygens (including phenoxy) is 1. The first-order valence-electron chi connectivity index (χ1n) is 11.0. The summed E-state index contributed by atoms with van der Waals surface area (Å²) in [6.07, 6.45) is 2.93. The number of carbonyl (C=O) groups excluding carboxylic acids is 2. The molecule has 0 saturated heterocycles. The smallest absolute Gasteiger partial charge is 0.318 e. The van der Waals surface area contributed by atoms with Crippen molar-refractivity contribution in [2.24, 2.45) is 0 Å². The minimum Gasteiger partial charge on any atom is -0.467 e. The Morgan fingerprint density at radius 2 is 1.97 bits per heavy atom. The number of hydrogen-bond acceptors (Lipinski definition) is 7. The first-order valence-corrected chi connectivity index (χ1v) is 11.4. The zero-order chi connectivity index (χ0) is 25.7. The number of aromatic amines is 1. The molecule has 0 aliphatic carbocycles. The van der Waals surface area contributed by atoms with Gasteiger partial charge in [0.1, 0.15) is 11.2 Å². The van der Waals surface area contributed by atoms with Gasteiger partial charge in [-0.25, -0.2) is 4.98 Å². The third kappa shape index (κ3) is 5.78. The van der Waals surface area contributed by atoms with Crippen molar-refractivity contribution in [3.63, 3.8) is 0 Å². The van der Waals surface area contributed by atoms with Gasteiger partial charge in [0.15, 0.2) is 0 Å². The maximum Gasteiger partial charge on any atom is 0.318 e. The molecule has 0 unspecified atom stereocenters. The van der Waals surface area contributed by atoms with Crippen LogP contribution in [-0.2, 0) is 6.42 Å². The molecular weight excluding hydrogens is 484 g/mol. The van der Waals surface area contributed by atoms with Gasteiger partial charge in [-0.2, -0.15) is 4.98 Å². The minimum atomic E-state index is -0.699. The Morgan fingerprint density at radius 3 is 2.75 bits per heavy atom. The van der Waals surface area contributed by atoms with Gasteiger partial charge in [0.25, 0.3) is 17.4 Å². The molecule has 0 radical (unpaired) electrons. The molecule has 36 heavy (non-hydrogen) atoms. The minimum absolute atomic E-state index is 0.0852. The van der Waals surface area contributed by atoms with E-state index in [0.717, 1.165) is 18.4 Å². The Balaban J connectivity index is 1.42. The Hall–Kier alpha value is -4.44. The van der Waals surface area contributed by atoms with Crippen molar-refractivity contribution in [1.29, 1.82) is 0 Å². The van der Waals surface area contributed by atoms with Crippen LogP contribution in [0, 0.1) is 0 Å². The van der Waals surface area contributed by atoms with Crippen molar-refractivity contribution < 1.29 is 14.3 Å². The number of aromatic nitrogens is 3. The van der Waals surface area contributed by atoms with Crippen molar-refractivity contribution in [1.82, 2.24) is 20.3 Å². The lowest BCUT2D eigenvalue weighted by atomic mass is 10.1. The molecule has 0 bridgehead atoms. The second-order valence-electron chi connectivity index (χ2n) is 7.93. The van der Waals surface area contributed by atoms with Crippen LogP contribution in [0.15, 0.2) is 59.5 Å². The fourth-order valence-corrected chi connectivity index (χ4v) is 3.71. The molecule has 2 heterocycles. The largest absolute Gasteiger partial charge is 0.467 e. The van der Waals surface area contributed by atoms with E-state index >= 15 is 0 Å². The molecule has 10 nitrogen and oxygen atoms in total. The van der Waals surface area contributed by atoms with E-state index in [2.05, 4.69) is 25.6 Å². The first-order chi connectivity index (χ1) is 17.3. The van der Waals surface area contributed by atoms with Gasteiger partial charge >= 0.3 is 6.01 Å². The van der Waals surface area contributed by atoms with Gasteiger partial charge in [-0.3, -0.25) is 14.4 Å². The number of benzene rings is 2. The molecule has 2 amide bonds. The summed E-state index contributed by atoms with van der Waals surface area (Å²) in [4.78, 5) is 48.5. The van der Waals surface area contributed by atoms with Crippen LogP contribution in [0.3, 0.4) is 0 Å². The highest BCUT2D eigenvalue weighted by Crippen LogP contribution is 2.24. The van der Waals surface area contributed by atoms with E-state index in [4.69, 9.17) is 22.1 Å². The van der Waals surface area contributed by atoms with E-state index < -0.39 is 11.5 Å². The Morgan fingerprint density at radius 1 is 1.14 bits per heavy atom. The van der Waals surface area contributed by atoms with E-state index in [1.54, 1.807) is 6.07 Å². The summed E-state index contributed by atoms with van der Waals surface area (Å²) >= 11 is 6.23. The molecule has 5 N–H and O–H groups in total. The van der Waals surface area contributed by atoms with E-state index in [1.807, 2.05) is 24.3 Å². The molecule has 0 fully saturated rings. The highest BCUT2D eigenvalue weighted by atomic mass is 35.5. The lowest BCUT2D eigenvalue weighted by Gasteiger charge is -2.11. The molecular formula is C25H23ClN6O4. The lowest BCUT2D eigenvalue weighted by Crippen LogP contribution is -2.25. The summed E-state index contributed by atoms with van der Waals surface area (Å²) in [5.41, 5.74) is 7.51. The van der Waals surface area contributed by atoms with Crippen LogP contribution in [0.2, 0.25) is 5.02 Å². The molecule has 11 heteroatoms. The predicted octanol–water partition coefficient (Wildman–Crippen LogP) is 3.18. The second-order valence-corrected chi connectivity index (χ2v) is 8.33. The van der Waals surface area contributed by atoms with Crippen molar-refractivity contribution in [2.75, 3.05) is 24.7 Å². The van der Waals surface area contributed by atoms with E-state index in [9.17, 15) is 14.4 Å². The van der Waals surface area contributed by atoms with Crippen molar-refractivity contribution in [3.8, 4) is 6.01 Å². The van der Waals surface area contributed by atoms with Gasteiger partial charge in [0.2, 0.25) is 0 Å². The number of methoxy groups -OCH3 is 1. The number of H-pyrrole nitrogens is 1. The molecule has 0 atom stereocenters. The van der Waals surface area contributed by atoms with Gasteiger partial charge in [-0.15, -0.1) is 0 Å². The third-order valence-electron chi connectivity index (χ3n) is 5.35. The molecule has 4 rings (SSSR count). The highest BCUT2D eigenvalue weighted by molar-refractivity contribution is 6.34. The van der Waals surface area contributed by atoms with Crippen LogP contribution < -0.4 is 26.7 Å². The van der Waals surface area contributed by atoms with E-state index in [-0.39, 0.29) is 33.8 Å². The van der Waals surface area contributed by atoms with Gasteiger partial charge in [-0.05, 0) is 54.8 Å². The number of anilines is 2. The highest BCUT2D eigenvalue weighted by Gasteiger charge is 2.16. The molecule has 4 aromatic rings. The predicted molar refractivity (Wildman–Crippen MR) is 138 cm³/mol. The Labute approximate surface area is 210 Å². The Bertz CT molecular complexity index is 1500. The average molecular weight is 507 g/mol. The molecule has 0 aliphatic rings. The number of pyridine rings is 1. The molecule has 0 aliphatic heterocycles. The molecule has 0 saturated carbocycles. The quantitative estimate of drug-likeness (QED) is 0.211. The summed E-state index contributed by atoms with van der Waals surface area (Å²) in [6.45, 7) is 0.456. The summed E-state index contributed by atoms with van der Waals surface area (Å²) in [6, 6.07) is 13.6. The van der Waals surface area contributed by atoms with Gasteiger partial charge in [-0.1, -0.05) is 23.7 Å². The van der Waals surface area contributed by atoms with E-state index in [0.29, 0.717) is 23.2 Å². The number of aryl methyl sites for hydroxylation is 1. The average Bonchev–Trinajstić information content (AvgIpc) is 2.87. The third-order valence-corrected chi connectivity index (χ3v) is 5.68. The van der Waals surface area contributed by atoms with E-state index in [1.165, 1.54) is 31.5 Å². The number of carbonyl (C=O) groups is 2. The lowest BCUT2D eigenvalue weighted by molar-refractivity contribution is 0.0951. The van der Waals surface area contributed by atoms with Crippen molar-refractivity contribution >= 4 is 45.8 Å². The normalized spacial score (nSPS) is 10.7. The first kappa shape index (κ1) is 24.7. The Kier molecular flexibility index (Phi) is 7.45. The zero-order valence-corrected chi connectivity index (χ0v) is 20.1. The number of hydrogen-bond donors (Lipinski definition) is 4. The topological polar surface area (TPSA) is 152 Å². The number of rotatable bonds is 8. The van der Waals surface area contributed by atoms with Gasteiger partial charge < -0.3 is 26.1 Å². The van der Waals surface area contributed by atoms with Crippen LogP contribution in [0.4, 0.5) is 11.4 Å². The number of amides is 2.